The van der Waals surface area contributed by atoms with E-state index in [-0.39, 0.29) is 0 Å². The molecule has 2 aliphatic carbocycles. The zero-order chi connectivity index (χ0) is 20.7. The molecule has 6 nitrogen and oxygen atoms in total. The van der Waals surface area contributed by atoms with E-state index in [1.165, 1.54) is 36.9 Å². The highest BCUT2D eigenvalue weighted by Gasteiger charge is 2.54. The van der Waals surface area contributed by atoms with Crippen LogP contribution in [0, 0.1) is 12.3 Å². The molecule has 1 spiro atoms. The van der Waals surface area contributed by atoms with Crippen LogP contribution in [0.15, 0.2) is 24.4 Å². The molecule has 0 amide bonds. The second-order valence-electron chi connectivity index (χ2n) is 9.41. The standard InChI is InChI=1S/C24H34N6/c1-4-29-12-14-30(15-13-29)21-16-20(26-18(2)27-21)17-28(3)23-22-19(6-5-11-25-22)7-8-24(23)9-10-24/h5-6,11,16,23H,4,7-10,12-15,17H2,1-3H3. The molecular weight excluding hydrogens is 372 g/mol. The minimum absolute atomic E-state index is 0.397. The fourth-order valence-electron chi connectivity index (χ4n) is 5.57. The average molecular weight is 407 g/mol. The van der Waals surface area contributed by atoms with E-state index in [4.69, 9.17) is 15.0 Å². The summed E-state index contributed by atoms with van der Waals surface area (Å²) in [5, 5.41) is 0. The molecule has 1 saturated heterocycles. The highest BCUT2D eigenvalue weighted by Crippen LogP contribution is 2.62. The largest absolute Gasteiger partial charge is 0.354 e. The maximum Gasteiger partial charge on any atom is 0.132 e. The van der Waals surface area contributed by atoms with Gasteiger partial charge in [0.2, 0.25) is 0 Å². The number of pyridine rings is 1. The number of piperazine rings is 1. The van der Waals surface area contributed by atoms with Crippen molar-refractivity contribution in [3.63, 3.8) is 0 Å². The van der Waals surface area contributed by atoms with Crippen molar-refractivity contribution in [2.75, 3.05) is 44.7 Å². The Labute approximate surface area is 180 Å². The van der Waals surface area contributed by atoms with Crippen molar-refractivity contribution in [3.8, 4) is 0 Å². The minimum Gasteiger partial charge on any atom is -0.354 e. The molecule has 1 unspecified atom stereocenters. The number of nitrogens with zero attached hydrogens (tertiary/aromatic N) is 6. The summed E-state index contributed by atoms with van der Waals surface area (Å²) in [6, 6.07) is 6.96. The Balaban J connectivity index is 1.36. The summed E-state index contributed by atoms with van der Waals surface area (Å²) in [7, 11) is 2.26. The Kier molecular flexibility index (Phi) is 5.23. The third kappa shape index (κ3) is 3.71. The second kappa shape index (κ2) is 7.89. The van der Waals surface area contributed by atoms with Gasteiger partial charge in [0.05, 0.1) is 17.4 Å². The normalized spacial score (nSPS) is 23.1. The fourth-order valence-corrected chi connectivity index (χ4v) is 5.57. The maximum atomic E-state index is 4.84. The number of fused-ring (bicyclic) bond motifs is 1. The van der Waals surface area contributed by atoms with Crippen LogP contribution in [0.1, 0.15) is 55.0 Å². The van der Waals surface area contributed by atoms with Gasteiger partial charge in [-0.3, -0.25) is 9.88 Å². The van der Waals surface area contributed by atoms with E-state index < -0.39 is 0 Å². The van der Waals surface area contributed by atoms with E-state index in [1.807, 2.05) is 13.1 Å². The molecule has 3 aliphatic rings. The topological polar surface area (TPSA) is 48.4 Å². The Morgan fingerprint density at radius 2 is 1.93 bits per heavy atom. The van der Waals surface area contributed by atoms with E-state index in [2.05, 4.69) is 46.9 Å². The molecule has 2 fully saturated rings. The molecule has 6 heteroatoms. The van der Waals surface area contributed by atoms with E-state index in [1.54, 1.807) is 0 Å². The number of rotatable bonds is 5. The number of hydrogen-bond acceptors (Lipinski definition) is 6. The Morgan fingerprint density at radius 3 is 2.67 bits per heavy atom. The van der Waals surface area contributed by atoms with Crippen molar-refractivity contribution in [2.45, 2.75) is 52.1 Å². The summed E-state index contributed by atoms with van der Waals surface area (Å²) >= 11 is 0. The molecule has 160 valence electrons. The summed E-state index contributed by atoms with van der Waals surface area (Å²) in [5.74, 6) is 1.96. The van der Waals surface area contributed by atoms with Crippen LogP contribution in [-0.4, -0.2) is 64.5 Å². The quantitative estimate of drug-likeness (QED) is 0.760. The van der Waals surface area contributed by atoms with E-state index in [9.17, 15) is 0 Å². The Bertz CT molecular complexity index is 900. The fraction of sp³-hybridized carbons (Fsp3) is 0.625. The number of anilines is 1. The van der Waals surface area contributed by atoms with Crippen molar-refractivity contribution in [1.29, 1.82) is 0 Å². The molecule has 30 heavy (non-hydrogen) atoms. The van der Waals surface area contributed by atoms with Gasteiger partial charge in [0.25, 0.3) is 0 Å². The first-order valence-electron chi connectivity index (χ1n) is 11.5. The summed E-state index contributed by atoms with van der Waals surface area (Å²) in [4.78, 5) is 21.8. The second-order valence-corrected chi connectivity index (χ2v) is 9.41. The number of aromatic nitrogens is 3. The van der Waals surface area contributed by atoms with Crippen LogP contribution < -0.4 is 4.90 Å². The van der Waals surface area contributed by atoms with Gasteiger partial charge in [-0.05, 0) is 63.2 Å². The molecule has 1 atom stereocenters. The summed E-state index contributed by atoms with van der Waals surface area (Å²) in [5.41, 5.74) is 4.28. The molecule has 5 rings (SSSR count). The third-order valence-electron chi connectivity index (χ3n) is 7.42. The average Bonchev–Trinajstić information content (AvgIpc) is 3.52. The molecule has 0 N–H and O–H groups in total. The van der Waals surface area contributed by atoms with E-state index in [0.717, 1.165) is 56.6 Å². The predicted molar refractivity (Wildman–Crippen MR) is 120 cm³/mol. The lowest BCUT2D eigenvalue weighted by Gasteiger charge is -2.39. The van der Waals surface area contributed by atoms with Gasteiger partial charge < -0.3 is 9.80 Å². The highest BCUT2D eigenvalue weighted by atomic mass is 15.3. The van der Waals surface area contributed by atoms with Gasteiger partial charge in [-0.2, -0.15) is 0 Å². The van der Waals surface area contributed by atoms with Gasteiger partial charge in [0, 0.05) is 45.0 Å². The lowest BCUT2D eigenvalue weighted by atomic mass is 9.79. The van der Waals surface area contributed by atoms with Crippen LogP contribution in [-0.2, 0) is 13.0 Å². The Hall–Kier alpha value is -2.05. The molecule has 1 aliphatic heterocycles. The summed E-state index contributed by atoms with van der Waals surface area (Å²) in [6.07, 6.45) is 7.08. The summed E-state index contributed by atoms with van der Waals surface area (Å²) < 4.78 is 0. The smallest absolute Gasteiger partial charge is 0.132 e. The van der Waals surface area contributed by atoms with Gasteiger partial charge >= 0.3 is 0 Å². The van der Waals surface area contributed by atoms with Crippen LogP contribution in [0.4, 0.5) is 5.82 Å². The maximum absolute atomic E-state index is 4.84. The molecule has 1 saturated carbocycles. The van der Waals surface area contributed by atoms with Crippen molar-refractivity contribution in [2.24, 2.45) is 5.41 Å². The summed E-state index contributed by atoms with van der Waals surface area (Å²) in [6.45, 7) is 10.5. The predicted octanol–water partition coefficient (Wildman–Crippen LogP) is 3.22. The van der Waals surface area contributed by atoms with Crippen molar-refractivity contribution >= 4 is 5.82 Å². The number of likely N-dealkylation sites (N-methyl/N-ethyl adjacent to an activating group) is 1. The molecular formula is C24H34N6. The molecule has 0 bridgehead atoms. The molecule has 2 aromatic rings. The van der Waals surface area contributed by atoms with Gasteiger partial charge in [-0.25, -0.2) is 9.97 Å². The van der Waals surface area contributed by atoms with Crippen LogP contribution >= 0.6 is 0 Å². The van der Waals surface area contributed by atoms with E-state index >= 15 is 0 Å². The van der Waals surface area contributed by atoms with Gasteiger partial charge in [0.15, 0.2) is 0 Å². The van der Waals surface area contributed by atoms with Gasteiger partial charge in [0.1, 0.15) is 11.6 Å². The van der Waals surface area contributed by atoms with Gasteiger partial charge in [-0.1, -0.05) is 13.0 Å². The molecule has 2 aromatic heterocycles. The van der Waals surface area contributed by atoms with Crippen molar-refractivity contribution in [1.82, 2.24) is 24.8 Å². The van der Waals surface area contributed by atoms with Crippen LogP contribution in [0.5, 0.6) is 0 Å². The molecule has 0 aromatic carbocycles. The SMILES string of the molecule is CCN1CCN(c2cc(CN(C)C3c4ncccc4CCC34CC4)nc(C)n2)CC1. The Morgan fingerprint density at radius 1 is 1.13 bits per heavy atom. The lowest BCUT2D eigenvalue weighted by Crippen LogP contribution is -2.46. The highest BCUT2D eigenvalue weighted by molar-refractivity contribution is 5.41. The number of aryl methyl sites for hydroxylation is 2. The minimum atomic E-state index is 0.397. The van der Waals surface area contributed by atoms with Crippen molar-refractivity contribution < 1.29 is 0 Å². The zero-order valence-corrected chi connectivity index (χ0v) is 18.6. The third-order valence-corrected chi connectivity index (χ3v) is 7.42. The van der Waals surface area contributed by atoms with Crippen molar-refractivity contribution in [3.05, 3.63) is 47.2 Å². The van der Waals surface area contributed by atoms with Crippen LogP contribution in [0.2, 0.25) is 0 Å². The first-order valence-corrected chi connectivity index (χ1v) is 11.5. The molecule has 3 heterocycles. The lowest BCUT2D eigenvalue weighted by molar-refractivity contribution is 0.129. The van der Waals surface area contributed by atoms with E-state index in [0.29, 0.717) is 11.5 Å². The molecule has 0 radical (unpaired) electrons. The monoisotopic (exact) mass is 406 g/mol. The van der Waals surface area contributed by atoms with Crippen LogP contribution in [0.3, 0.4) is 0 Å². The number of hydrogen-bond donors (Lipinski definition) is 0. The first kappa shape index (κ1) is 19.9. The first-order chi connectivity index (χ1) is 14.6. The van der Waals surface area contributed by atoms with Crippen LogP contribution in [0.25, 0.3) is 0 Å². The zero-order valence-electron chi connectivity index (χ0n) is 18.6. The van der Waals surface area contributed by atoms with Gasteiger partial charge in [-0.15, -0.1) is 0 Å².